The van der Waals surface area contributed by atoms with Crippen LogP contribution >= 0.6 is 0 Å². The minimum atomic E-state index is -0.131. The molecule has 0 atom stereocenters. The van der Waals surface area contributed by atoms with Gasteiger partial charge in [-0.3, -0.25) is 9.88 Å². The average molecular weight is 466 g/mol. The van der Waals surface area contributed by atoms with Gasteiger partial charge in [0.05, 0.1) is 29.4 Å². The first-order valence-electron chi connectivity index (χ1n) is 12.3. The molecule has 0 unspecified atom stereocenters. The molecule has 6 nitrogen and oxygen atoms in total. The molecule has 1 aliphatic rings. The van der Waals surface area contributed by atoms with Gasteiger partial charge < -0.3 is 9.67 Å². The lowest BCUT2D eigenvalue weighted by Gasteiger charge is -2.40. The summed E-state index contributed by atoms with van der Waals surface area (Å²) in [5.74, 6) is 0.955. The predicted octanol–water partition coefficient (Wildman–Crippen LogP) is 4.48. The number of nitrogens with zero attached hydrogens (tertiary/aromatic N) is 5. The van der Waals surface area contributed by atoms with Crippen molar-refractivity contribution in [3.8, 4) is 6.07 Å². The Morgan fingerprint density at radius 2 is 1.77 bits per heavy atom. The van der Waals surface area contributed by atoms with Gasteiger partial charge in [0.15, 0.2) is 0 Å². The molecule has 0 spiro atoms. The van der Waals surface area contributed by atoms with E-state index in [1.165, 1.54) is 0 Å². The van der Waals surface area contributed by atoms with Gasteiger partial charge in [-0.1, -0.05) is 42.5 Å². The molecule has 5 rings (SSSR count). The summed E-state index contributed by atoms with van der Waals surface area (Å²) in [6, 6.07) is 22.5. The van der Waals surface area contributed by atoms with Crippen molar-refractivity contribution in [3.05, 3.63) is 95.2 Å². The second-order valence-corrected chi connectivity index (χ2v) is 9.76. The first kappa shape index (κ1) is 23.2. The van der Waals surface area contributed by atoms with Gasteiger partial charge in [-0.05, 0) is 63.0 Å². The summed E-state index contributed by atoms with van der Waals surface area (Å²) in [5.41, 5.74) is 4.81. The van der Waals surface area contributed by atoms with Gasteiger partial charge in [0.25, 0.3) is 0 Å². The van der Waals surface area contributed by atoms with Crippen LogP contribution < -0.4 is 0 Å². The highest BCUT2D eigenvalue weighted by atomic mass is 16.3. The lowest BCUT2D eigenvalue weighted by Crippen LogP contribution is -2.43. The van der Waals surface area contributed by atoms with Gasteiger partial charge >= 0.3 is 0 Å². The van der Waals surface area contributed by atoms with Crippen LogP contribution in [0.1, 0.15) is 41.2 Å². The molecule has 35 heavy (non-hydrogen) atoms. The third kappa shape index (κ3) is 4.97. The van der Waals surface area contributed by atoms with Gasteiger partial charge in [0, 0.05) is 35.8 Å². The number of para-hydroxylation sites is 1. The number of hydrogen-bond acceptors (Lipinski definition) is 5. The fourth-order valence-electron chi connectivity index (χ4n) is 5.19. The van der Waals surface area contributed by atoms with Crippen LogP contribution in [0, 0.1) is 23.7 Å². The minimum Gasteiger partial charge on any atom is -0.396 e. The van der Waals surface area contributed by atoms with Crippen LogP contribution in [0.25, 0.3) is 10.9 Å². The number of rotatable bonds is 7. The zero-order chi connectivity index (χ0) is 24.3. The minimum absolute atomic E-state index is 0.131. The summed E-state index contributed by atoms with van der Waals surface area (Å²) in [5, 5.41) is 21.0. The highest BCUT2D eigenvalue weighted by Gasteiger charge is 2.35. The molecule has 2 aromatic carbocycles. The lowest BCUT2D eigenvalue weighted by molar-refractivity contribution is 0.0399. The lowest BCUT2D eigenvalue weighted by atomic mass is 9.75. The monoisotopic (exact) mass is 465 g/mol. The summed E-state index contributed by atoms with van der Waals surface area (Å²) >= 11 is 0. The molecule has 4 aromatic rings. The molecule has 0 radical (unpaired) electrons. The van der Waals surface area contributed by atoms with Crippen molar-refractivity contribution in [1.29, 1.82) is 5.26 Å². The van der Waals surface area contributed by atoms with E-state index in [9.17, 15) is 10.4 Å². The van der Waals surface area contributed by atoms with E-state index in [0.717, 1.165) is 72.6 Å². The van der Waals surface area contributed by atoms with Crippen LogP contribution in [0.3, 0.4) is 0 Å². The molecule has 2 aromatic heterocycles. The smallest absolute Gasteiger partial charge is 0.106 e. The van der Waals surface area contributed by atoms with Crippen LogP contribution in [-0.4, -0.2) is 44.2 Å². The zero-order valence-electron chi connectivity index (χ0n) is 20.2. The van der Waals surface area contributed by atoms with Crippen LogP contribution in [0.5, 0.6) is 0 Å². The summed E-state index contributed by atoms with van der Waals surface area (Å²) in [7, 11) is 0. The molecule has 0 aliphatic carbocycles. The highest BCUT2D eigenvalue weighted by Crippen LogP contribution is 2.35. The Morgan fingerprint density at radius 3 is 2.57 bits per heavy atom. The number of aliphatic hydroxyl groups is 1. The number of piperidine rings is 1. The van der Waals surface area contributed by atoms with Crippen molar-refractivity contribution >= 4 is 10.9 Å². The average Bonchev–Trinajstić information content (AvgIpc) is 3.24. The third-order valence-corrected chi connectivity index (χ3v) is 7.45. The van der Waals surface area contributed by atoms with E-state index in [4.69, 9.17) is 4.98 Å². The normalized spacial score (nSPS) is 15.8. The predicted molar refractivity (Wildman–Crippen MR) is 137 cm³/mol. The number of nitriles is 1. The van der Waals surface area contributed by atoms with Gasteiger partial charge in [0.1, 0.15) is 5.82 Å². The van der Waals surface area contributed by atoms with Crippen molar-refractivity contribution in [2.75, 3.05) is 19.7 Å². The summed E-state index contributed by atoms with van der Waals surface area (Å²) in [4.78, 5) is 11.9. The maximum atomic E-state index is 10.4. The quantitative estimate of drug-likeness (QED) is 0.436. The molecule has 178 valence electrons. The second kappa shape index (κ2) is 9.99. The molecule has 0 saturated carbocycles. The molecule has 1 aliphatic heterocycles. The van der Waals surface area contributed by atoms with Crippen molar-refractivity contribution in [3.63, 3.8) is 0 Å². The molecule has 1 saturated heterocycles. The zero-order valence-corrected chi connectivity index (χ0v) is 20.2. The van der Waals surface area contributed by atoms with Crippen molar-refractivity contribution in [2.24, 2.45) is 5.41 Å². The van der Waals surface area contributed by atoms with Crippen molar-refractivity contribution < 1.29 is 5.11 Å². The standard InChI is InChI=1S/C29H31N5O/c1-22-31-18-27(34(22)19-25-8-3-2-7-24(25)17-30)20-33-14-12-29(21-35,13-15-33)16-26-11-10-23-6-4-5-9-28(23)32-26/h2-11,18,35H,12-16,19-21H2,1H3. The van der Waals surface area contributed by atoms with Crippen LogP contribution in [0.15, 0.2) is 66.9 Å². The summed E-state index contributed by atoms with van der Waals surface area (Å²) in [6.45, 7) is 5.50. The molecular formula is C29H31N5O. The molecule has 0 bridgehead atoms. The van der Waals surface area contributed by atoms with Gasteiger partial charge in [-0.2, -0.15) is 5.26 Å². The number of aromatic nitrogens is 3. The molecule has 3 heterocycles. The topological polar surface area (TPSA) is 78.0 Å². The van der Waals surface area contributed by atoms with Gasteiger partial charge in [-0.15, -0.1) is 0 Å². The number of aliphatic hydroxyl groups excluding tert-OH is 1. The summed E-state index contributed by atoms with van der Waals surface area (Å²) in [6.07, 6.45) is 4.62. The Labute approximate surface area is 206 Å². The number of hydrogen-bond donors (Lipinski definition) is 1. The first-order valence-corrected chi connectivity index (χ1v) is 12.3. The van der Waals surface area contributed by atoms with Crippen molar-refractivity contribution in [1.82, 2.24) is 19.4 Å². The Hall–Kier alpha value is -3.53. The summed E-state index contributed by atoms with van der Waals surface area (Å²) < 4.78 is 2.21. The van der Waals surface area contributed by atoms with E-state index in [-0.39, 0.29) is 12.0 Å². The number of aryl methyl sites for hydroxylation is 1. The fourth-order valence-corrected chi connectivity index (χ4v) is 5.19. The first-order chi connectivity index (χ1) is 17.1. The Morgan fingerprint density at radius 1 is 1.00 bits per heavy atom. The number of pyridine rings is 1. The molecule has 1 N–H and O–H groups in total. The van der Waals surface area contributed by atoms with E-state index < -0.39 is 0 Å². The number of likely N-dealkylation sites (tertiary alicyclic amines) is 1. The van der Waals surface area contributed by atoms with E-state index in [2.05, 4.69) is 38.7 Å². The second-order valence-electron chi connectivity index (χ2n) is 9.76. The maximum Gasteiger partial charge on any atom is 0.106 e. The van der Waals surface area contributed by atoms with Crippen LogP contribution in [-0.2, 0) is 19.5 Å². The van der Waals surface area contributed by atoms with Gasteiger partial charge in [-0.25, -0.2) is 4.98 Å². The number of imidazole rings is 1. The third-order valence-electron chi connectivity index (χ3n) is 7.45. The molecule has 6 heteroatoms. The largest absolute Gasteiger partial charge is 0.396 e. The van der Waals surface area contributed by atoms with E-state index in [1.54, 1.807) is 0 Å². The van der Waals surface area contributed by atoms with Crippen LogP contribution in [0.4, 0.5) is 0 Å². The number of benzene rings is 2. The van der Waals surface area contributed by atoms with E-state index in [1.807, 2.05) is 55.6 Å². The Kier molecular flexibility index (Phi) is 6.63. The number of fused-ring (bicyclic) bond motifs is 1. The molecular weight excluding hydrogens is 434 g/mol. The Balaban J connectivity index is 1.26. The molecule has 1 fully saturated rings. The van der Waals surface area contributed by atoms with Crippen molar-refractivity contribution in [2.45, 2.75) is 39.3 Å². The molecule has 0 amide bonds. The fraction of sp³-hybridized carbons (Fsp3) is 0.345. The van der Waals surface area contributed by atoms with Crippen LogP contribution in [0.2, 0.25) is 0 Å². The highest BCUT2D eigenvalue weighted by molar-refractivity contribution is 5.78. The maximum absolute atomic E-state index is 10.4. The SMILES string of the molecule is Cc1ncc(CN2CCC(CO)(Cc3ccc4ccccc4n3)CC2)n1Cc1ccccc1C#N. The van der Waals surface area contributed by atoms with E-state index in [0.29, 0.717) is 12.1 Å². The van der Waals surface area contributed by atoms with Gasteiger partial charge in [0.2, 0.25) is 0 Å². The van der Waals surface area contributed by atoms with E-state index >= 15 is 0 Å². The Bertz CT molecular complexity index is 1360.